The lowest BCUT2D eigenvalue weighted by Crippen LogP contribution is -2.37. The van der Waals surface area contributed by atoms with Crippen molar-refractivity contribution in [1.29, 1.82) is 0 Å². The number of hydrogen-bond acceptors (Lipinski definition) is 1. The van der Waals surface area contributed by atoms with Crippen LogP contribution in [0.3, 0.4) is 0 Å². The summed E-state index contributed by atoms with van der Waals surface area (Å²) < 4.78 is 0. The van der Waals surface area contributed by atoms with Crippen LogP contribution in [0.5, 0.6) is 0 Å². The first-order chi connectivity index (χ1) is 12.4. The molecule has 0 atom stereocenters. The van der Waals surface area contributed by atoms with Crippen LogP contribution in [0.25, 0.3) is 22.8 Å². The zero-order chi connectivity index (χ0) is 18.3. The normalized spacial score (nSPS) is 13.5. The van der Waals surface area contributed by atoms with Crippen molar-refractivity contribution in [1.82, 2.24) is 4.98 Å². The molecule has 0 fully saturated rings. The fourth-order valence-corrected chi connectivity index (χ4v) is 4.76. The van der Waals surface area contributed by atoms with E-state index >= 15 is 0 Å². The summed E-state index contributed by atoms with van der Waals surface area (Å²) in [5, 5.41) is 1.51. The maximum Gasteiger partial charge on any atom is 0.0775 e. The van der Waals surface area contributed by atoms with Gasteiger partial charge in [-0.25, -0.2) is 0 Å². The number of rotatable bonds is 3. The van der Waals surface area contributed by atoms with E-state index in [0.29, 0.717) is 0 Å². The molecular weight excluding hydrogens is 330 g/mol. The van der Waals surface area contributed by atoms with Crippen molar-refractivity contribution in [3.8, 4) is 11.1 Å². The van der Waals surface area contributed by atoms with Gasteiger partial charge in [-0.05, 0) is 52.5 Å². The number of hydrogen-bond donors (Lipinski definition) is 0. The molecule has 0 saturated carbocycles. The topological polar surface area (TPSA) is 12.9 Å². The summed E-state index contributed by atoms with van der Waals surface area (Å²) in [6.45, 7) is 9.26. The van der Waals surface area contributed by atoms with E-state index in [1.807, 2.05) is 6.20 Å². The van der Waals surface area contributed by atoms with E-state index in [0.717, 1.165) is 12.1 Å². The highest BCUT2D eigenvalue weighted by molar-refractivity contribution is 6.88. The third-order valence-corrected chi connectivity index (χ3v) is 7.26. The van der Waals surface area contributed by atoms with Gasteiger partial charge in [0.25, 0.3) is 0 Å². The molecule has 1 aliphatic rings. The number of pyridine rings is 1. The molecule has 1 aliphatic carbocycles. The van der Waals surface area contributed by atoms with E-state index < -0.39 is 8.07 Å². The molecule has 0 radical (unpaired) electrons. The number of aromatic nitrogens is 1. The van der Waals surface area contributed by atoms with Gasteiger partial charge < -0.3 is 0 Å². The molecule has 0 saturated heterocycles. The second-order valence-corrected chi connectivity index (χ2v) is 13.4. The van der Waals surface area contributed by atoms with Crippen LogP contribution < -0.4 is 5.19 Å². The van der Waals surface area contributed by atoms with Gasteiger partial charge in [0.15, 0.2) is 0 Å². The summed E-state index contributed by atoms with van der Waals surface area (Å²) in [5.74, 6) is 0. The number of aryl methyl sites for hydroxylation is 1. The molecule has 1 nitrogen and oxygen atoms in total. The van der Waals surface area contributed by atoms with E-state index in [2.05, 4.69) is 92.2 Å². The van der Waals surface area contributed by atoms with Crippen molar-refractivity contribution in [2.24, 2.45) is 0 Å². The summed E-state index contributed by atoms with van der Waals surface area (Å²) in [5.41, 5.74) is 8.98. The summed E-state index contributed by atoms with van der Waals surface area (Å²) in [6, 6.07) is 20.2. The number of allylic oxidation sites excluding steroid dienone is 1. The molecule has 1 heterocycles. The SMILES string of the molecule is Cc1ccc(C2=Cc3c(cccc3-c3ccc([Si](C)(C)C)cc3)C2)nc1. The van der Waals surface area contributed by atoms with Crippen LogP contribution in [0.15, 0.2) is 60.8 Å². The number of fused-ring (bicyclic) bond motifs is 1. The third kappa shape index (κ3) is 3.17. The zero-order valence-corrected chi connectivity index (χ0v) is 17.0. The van der Waals surface area contributed by atoms with Gasteiger partial charge in [0.2, 0.25) is 0 Å². The molecule has 4 rings (SSSR count). The van der Waals surface area contributed by atoms with Crippen molar-refractivity contribution in [2.75, 3.05) is 0 Å². The molecular formula is C24H25NSi. The Hall–Kier alpha value is -2.45. The quantitative estimate of drug-likeness (QED) is 0.549. The van der Waals surface area contributed by atoms with Gasteiger partial charge in [-0.3, -0.25) is 4.98 Å². The molecule has 2 aromatic carbocycles. The molecule has 0 spiro atoms. The van der Waals surface area contributed by atoms with Crippen LogP contribution in [-0.2, 0) is 6.42 Å². The Morgan fingerprint density at radius 3 is 2.31 bits per heavy atom. The lowest BCUT2D eigenvalue weighted by atomic mass is 9.97. The van der Waals surface area contributed by atoms with Gasteiger partial charge in [0, 0.05) is 12.6 Å². The molecule has 2 heteroatoms. The highest BCUT2D eigenvalue weighted by Gasteiger charge is 2.19. The summed E-state index contributed by atoms with van der Waals surface area (Å²) >= 11 is 0. The Balaban J connectivity index is 1.73. The van der Waals surface area contributed by atoms with Crippen LogP contribution in [0.1, 0.15) is 22.4 Å². The minimum atomic E-state index is -1.26. The average molecular weight is 356 g/mol. The molecule has 0 amide bonds. The van der Waals surface area contributed by atoms with Crippen LogP contribution >= 0.6 is 0 Å². The highest BCUT2D eigenvalue weighted by atomic mass is 28.3. The Morgan fingerprint density at radius 2 is 1.65 bits per heavy atom. The van der Waals surface area contributed by atoms with Gasteiger partial charge in [0.05, 0.1) is 13.8 Å². The Labute approximate surface area is 157 Å². The lowest BCUT2D eigenvalue weighted by molar-refractivity contribution is 1.20. The third-order valence-electron chi connectivity index (χ3n) is 5.20. The minimum absolute atomic E-state index is 0.965. The van der Waals surface area contributed by atoms with Crippen molar-refractivity contribution in [3.05, 3.63) is 83.2 Å². The van der Waals surface area contributed by atoms with Crippen molar-refractivity contribution >= 4 is 24.9 Å². The smallest absolute Gasteiger partial charge is 0.0775 e. The standard InChI is InChI=1S/C24H25NSi/c1-17-8-13-24(25-16-17)20-14-19-6-5-7-22(23(19)15-20)18-9-11-21(12-10-18)26(2,3)4/h5-13,15-16H,14H2,1-4H3. The maximum atomic E-state index is 4.62. The predicted molar refractivity (Wildman–Crippen MR) is 115 cm³/mol. The monoisotopic (exact) mass is 355 g/mol. The van der Waals surface area contributed by atoms with E-state index in [9.17, 15) is 0 Å². The van der Waals surface area contributed by atoms with Crippen molar-refractivity contribution < 1.29 is 0 Å². The Bertz CT molecular complexity index is 974. The summed E-state index contributed by atoms with van der Waals surface area (Å²) in [4.78, 5) is 4.62. The van der Waals surface area contributed by atoms with Crippen LogP contribution in [0, 0.1) is 6.92 Å². The van der Waals surface area contributed by atoms with Crippen LogP contribution in [0.4, 0.5) is 0 Å². The summed E-state index contributed by atoms with van der Waals surface area (Å²) in [7, 11) is -1.26. The molecule has 0 aliphatic heterocycles. The first-order valence-corrected chi connectivity index (χ1v) is 12.8. The number of nitrogens with zero attached hydrogens (tertiary/aromatic N) is 1. The second-order valence-electron chi connectivity index (χ2n) is 8.27. The van der Waals surface area contributed by atoms with E-state index in [1.54, 1.807) is 0 Å². The fraction of sp³-hybridized carbons (Fsp3) is 0.208. The minimum Gasteiger partial charge on any atom is -0.256 e. The molecule has 26 heavy (non-hydrogen) atoms. The maximum absolute atomic E-state index is 4.62. The molecule has 0 N–H and O–H groups in total. The molecule has 130 valence electrons. The van der Waals surface area contributed by atoms with Gasteiger partial charge >= 0.3 is 0 Å². The fourth-order valence-electron chi connectivity index (χ4n) is 3.59. The van der Waals surface area contributed by atoms with Gasteiger partial charge in [0.1, 0.15) is 0 Å². The molecule has 0 bridgehead atoms. The summed E-state index contributed by atoms with van der Waals surface area (Å²) in [6.07, 6.45) is 5.25. The Morgan fingerprint density at radius 1 is 0.885 bits per heavy atom. The molecule has 1 aromatic heterocycles. The van der Waals surface area contributed by atoms with Crippen molar-refractivity contribution in [2.45, 2.75) is 33.0 Å². The van der Waals surface area contributed by atoms with Crippen LogP contribution in [0.2, 0.25) is 19.6 Å². The second kappa shape index (κ2) is 6.37. The average Bonchev–Trinajstić information content (AvgIpc) is 3.06. The van der Waals surface area contributed by atoms with E-state index in [4.69, 9.17) is 0 Å². The van der Waals surface area contributed by atoms with E-state index in [1.165, 1.54) is 38.6 Å². The molecule has 0 unspecified atom stereocenters. The van der Waals surface area contributed by atoms with Crippen LogP contribution in [-0.4, -0.2) is 13.1 Å². The largest absolute Gasteiger partial charge is 0.256 e. The van der Waals surface area contributed by atoms with Gasteiger partial charge in [-0.1, -0.05) is 73.4 Å². The predicted octanol–water partition coefficient (Wildman–Crippen LogP) is 5.70. The van der Waals surface area contributed by atoms with Gasteiger partial charge in [-0.15, -0.1) is 0 Å². The lowest BCUT2D eigenvalue weighted by Gasteiger charge is -2.17. The molecule has 3 aromatic rings. The zero-order valence-electron chi connectivity index (χ0n) is 16.0. The van der Waals surface area contributed by atoms with E-state index in [-0.39, 0.29) is 0 Å². The number of benzene rings is 2. The van der Waals surface area contributed by atoms with Gasteiger partial charge in [-0.2, -0.15) is 0 Å². The Kier molecular flexibility index (Phi) is 4.16. The first-order valence-electron chi connectivity index (χ1n) is 9.28. The first kappa shape index (κ1) is 17.0. The van der Waals surface area contributed by atoms with Crippen molar-refractivity contribution in [3.63, 3.8) is 0 Å². The highest BCUT2D eigenvalue weighted by Crippen LogP contribution is 2.37.